The first-order valence-corrected chi connectivity index (χ1v) is 5.63. The first-order valence-electron chi connectivity index (χ1n) is 5.09. The van der Waals surface area contributed by atoms with Crippen LogP contribution in [0.5, 0.6) is 11.8 Å². The Balaban J connectivity index is 2.19. The Kier molecular flexibility index (Phi) is 3.47. The van der Waals surface area contributed by atoms with Crippen molar-refractivity contribution in [3.8, 4) is 11.8 Å². The number of rotatable bonds is 4. The molecule has 0 atom stereocenters. The monoisotopic (exact) mass is 237 g/mol. The first kappa shape index (κ1) is 11.0. The van der Waals surface area contributed by atoms with Crippen LogP contribution in [-0.2, 0) is 12.3 Å². The standard InChI is InChI=1S/C12H12ClNO2/c1-2-9-5-3-4-6-11(9)16-12-14-10(7-13)8-15-12/h3-6,8H,2,7H2,1H3. The van der Waals surface area contributed by atoms with Crippen molar-refractivity contribution in [1.82, 2.24) is 4.98 Å². The molecule has 0 bridgehead atoms. The van der Waals surface area contributed by atoms with Crippen LogP contribution in [0.25, 0.3) is 0 Å². The molecule has 84 valence electrons. The highest BCUT2D eigenvalue weighted by atomic mass is 35.5. The fourth-order valence-electron chi connectivity index (χ4n) is 1.39. The van der Waals surface area contributed by atoms with E-state index in [-0.39, 0.29) is 6.08 Å². The van der Waals surface area contributed by atoms with Crippen LogP contribution in [0, 0.1) is 0 Å². The van der Waals surface area contributed by atoms with Gasteiger partial charge in [0, 0.05) is 0 Å². The van der Waals surface area contributed by atoms with Gasteiger partial charge in [-0.25, -0.2) is 0 Å². The maximum Gasteiger partial charge on any atom is 0.399 e. The number of oxazole rings is 1. The summed E-state index contributed by atoms with van der Waals surface area (Å²) < 4.78 is 10.7. The van der Waals surface area contributed by atoms with Crippen molar-refractivity contribution in [3.05, 3.63) is 41.8 Å². The molecule has 16 heavy (non-hydrogen) atoms. The van der Waals surface area contributed by atoms with E-state index >= 15 is 0 Å². The molecular weight excluding hydrogens is 226 g/mol. The van der Waals surface area contributed by atoms with Gasteiger partial charge in [-0.15, -0.1) is 11.6 Å². The summed E-state index contributed by atoms with van der Waals surface area (Å²) in [6, 6.07) is 7.80. The third kappa shape index (κ3) is 2.36. The zero-order chi connectivity index (χ0) is 11.4. The number of para-hydroxylation sites is 1. The second-order valence-corrected chi connectivity index (χ2v) is 3.57. The minimum absolute atomic E-state index is 0.233. The molecule has 0 unspecified atom stereocenters. The van der Waals surface area contributed by atoms with Gasteiger partial charge in [0.05, 0.1) is 11.6 Å². The van der Waals surface area contributed by atoms with Crippen molar-refractivity contribution in [1.29, 1.82) is 0 Å². The molecular formula is C12H12ClNO2. The van der Waals surface area contributed by atoms with Gasteiger partial charge < -0.3 is 9.15 Å². The molecule has 0 saturated heterocycles. The van der Waals surface area contributed by atoms with E-state index < -0.39 is 0 Å². The molecule has 0 aliphatic rings. The van der Waals surface area contributed by atoms with Gasteiger partial charge in [-0.3, -0.25) is 0 Å². The average molecular weight is 238 g/mol. The van der Waals surface area contributed by atoms with Crippen LogP contribution in [0.3, 0.4) is 0 Å². The molecule has 1 aromatic heterocycles. The number of hydrogen-bond acceptors (Lipinski definition) is 3. The van der Waals surface area contributed by atoms with E-state index in [1.54, 1.807) is 0 Å². The Morgan fingerprint density at radius 1 is 1.38 bits per heavy atom. The van der Waals surface area contributed by atoms with Crippen molar-refractivity contribution in [2.45, 2.75) is 19.2 Å². The van der Waals surface area contributed by atoms with Gasteiger partial charge in [-0.1, -0.05) is 25.1 Å². The van der Waals surface area contributed by atoms with E-state index in [0.29, 0.717) is 11.6 Å². The van der Waals surface area contributed by atoms with Crippen molar-refractivity contribution in [3.63, 3.8) is 0 Å². The number of halogens is 1. The lowest BCUT2D eigenvalue weighted by atomic mass is 10.1. The molecule has 1 heterocycles. The molecule has 0 aliphatic heterocycles. The molecule has 1 aromatic carbocycles. The van der Waals surface area contributed by atoms with Gasteiger partial charge in [0.1, 0.15) is 12.0 Å². The van der Waals surface area contributed by atoms with E-state index in [0.717, 1.165) is 17.7 Å². The largest absolute Gasteiger partial charge is 0.417 e. The van der Waals surface area contributed by atoms with Crippen molar-refractivity contribution < 1.29 is 9.15 Å². The Labute approximate surface area is 99.0 Å². The van der Waals surface area contributed by atoms with Gasteiger partial charge in [-0.2, -0.15) is 4.98 Å². The number of hydrogen-bond donors (Lipinski definition) is 0. The molecule has 0 N–H and O–H groups in total. The maximum atomic E-state index is 5.62. The predicted octanol–water partition coefficient (Wildman–Crippen LogP) is 3.77. The van der Waals surface area contributed by atoms with E-state index in [1.165, 1.54) is 6.26 Å². The summed E-state index contributed by atoms with van der Waals surface area (Å²) in [4.78, 5) is 4.08. The third-order valence-corrected chi connectivity index (χ3v) is 2.49. The second-order valence-electron chi connectivity index (χ2n) is 3.30. The van der Waals surface area contributed by atoms with Gasteiger partial charge in [0.15, 0.2) is 0 Å². The molecule has 2 rings (SSSR count). The van der Waals surface area contributed by atoms with Crippen LogP contribution in [0.4, 0.5) is 0 Å². The zero-order valence-electron chi connectivity index (χ0n) is 8.94. The van der Waals surface area contributed by atoms with Crippen LogP contribution in [0.15, 0.2) is 34.9 Å². The number of nitrogens with zero attached hydrogens (tertiary/aromatic N) is 1. The maximum absolute atomic E-state index is 5.62. The average Bonchev–Trinajstić information content (AvgIpc) is 2.77. The summed E-state index contributed by atoms with van der Waals surface area (Å²) in [6.45, 7) is 2.07. The normalized spacial score (nSPS) is 10.4. The van der Waals surface area contributed by atoms with Crippen LogP contribution < -0.4 is 4.74 Å². The number of ether oxygens (including phenoxy) is 1. The molecule has 2 aromatic rings. The molecule has 0 amide bonds. The van der Waals surface area contributed by atoms with Gasteiger partial charge in [-0.05, 0) is 18.1 Å². The third-order valence-electron chi connectivity index (χ3n) is 2.22. The van der Waals surface area contributed by atoms with Crippen LogP contribution >= 0.6 is 11.6 Å². The molecule has 0 radical (unpaired) electrons. The second kappa shape index (κ2) is 5.03. The predicted molar refractivity (Wildman–Crippen MR) is 62.0 cm³/mol. The van der Waals surface area contributed by atoms with Gasteiger partial charge >= 0.3 is 6.08 Å². The van der Waals surface area contributed by atoms with Crippen molar-refractivity contribution >= 4 is 11.6 Å². The Hall–Kier alpha value is -1.48. The lowest BCUT2D eigenvalue weighted by Gasteiger charge is -2.05. The van der Waals surface area contributed by atoms with Gasteiger partial charge in [0.25, 0.3) is 0 Å². The number of aryl methyl sites for hydroxylation is 1. The summed E-state index contributed by atoms with van der Waals surface area (Å²) in [7, 11) is 0. The van der Waals surface area contributed by atoms with Gasteiger partial charge in [0.2, 0.25) is 0 Å². The molecule has 3 nitrogen and oxygen atoms in total. The molecule has 4 heteroatoms. The topological polar surface area (TPSA) is 35.3 Å². The summed E-state index contributed by atoms with van der Waals surface area (Å²) in [5.41, 5.74) is 1.79. The van der Waals surface area contributed by atoms with Crippen molar-refractivity contribution in [2.75, 3.05) is 0 Å². The Morgan fingerprint density at radius 3 is 2.88 bits per heavy atom. The molecule has 0 aliphatic carbocycles. The molecule has 0 saturated carbocycles. The summed E-state index contributed by atoms with van der Waals surface area (Å²) in [6.07, 6.45) is 2.63. The van der Waals surface area contributed by atoms with E-state index in [4.69, 9.17) is 20.8 Å². The lowest BCUT2D eigenvalue weighted by molar-refractivity contribution is 0.328. The highest BCUT2D eigenvalue weighted by molar-refractivity contribution is 6.16. The molecule has 0 fully saturated rings. The fourth-order valence-corrected chi connectivity index (χ4v) is 1.51. The summed E-state index contributed by atoms with van der Waals surface area (Å²) >= 11 is 5.62. The summed E-state index contributed by atoms with van der Waals surface area (Å²) in [5, 5.41) is 0. The quantitative estimate of drug-likeness (QED) is 0.760. The number of benzene rings is 1. The lowest BCUT2D eigenvalue weighted by Crippen LogP contribution is -1.90. The van der Waals surface area contributed by atoms with E-state index in [2.05, 4.69) is 11.9 Å². The fraction of sp³-hybridized carbons (Fsp3) is 0.250. The van der Waals surface area contributed by atoms with Crippen molar-refractivity contribution in [2.24, 2.45) is 0 Å². The van der Waals surface area contributed by atoms with Crippen LogP contribution in [0.2, 0.25) is 0 Å². The zero-order valence-corrected chi connectivity index (χ0v) is 9.70. The van der Waals surface area contributed by atoms with E-state index in [9.17, 15) is 0 Å². The highest BCUT2D eigenvalue weighted by Crippen LogP contribution is 2.25. The van der Waals surface area contributed by atoms with Crippen LogP contribution in [-0.4, -0.2) is 4.98 Å². The highest BCUT2D eigenvalue weighted by Gasteiger charge is 2.07. The Bertz CT molecular complexity index is 468. The molecule has 0 spiro atoms. The summed E-state index contributed by atoms with van der Waals surface area (Å²) in [5.74, 6) is 1.09. The minimum Gasteiger partial charge on any atom is -0.417 e. The number of aromatic nitrogens is 1. The Morgan fingerprint density at radius 2 is 2.19 bits per heavy atom. The van der Waals surface area contributed by atoms with E-state index in [1.807, 2.05) is 24.3 Å². The SMILES string of the molecule is CCc1ccccc1Oc1nc(CCl)co1. The first-order chi connectivity index (χ1) is 7.83. The number of alkyl halides is 1. The minimum atomic E-state index is 0.233. The van der Waals surface area contributed by atoms with Crippen LogP contribution in [0.1, 0.15) is 18.2 Å². The smallest absolute Gasteiger partial charge is 0.399 e.